The van der Waals surface area contributed by atoms with Gasteiger partial charge in [0.15, 0.2) is 0 Å². The van der Waals surface area contributed by atoms with Crippen LogP contribution in [0.15, 0.2) is 18.2 Å². The molecule has 2 N–H and O–H groups in total. The Hall–Kier alpha value is -1.20. The van der Waals surface area contributed by atoms with Crippen LogP contribution >= 0.6 is 0 Å². The molecule has 3 nitrogen and oxygen atoms in total. The lowest BCUT2D eigenvalue weighted by atomic mass is 10.1. The zero-order chi connectivity index (χ0) is 11.5. The summed E-state index contributed by atoms with van der Waals surface area (Å²) in [5, 5.41) is 0. The van der Waals surface area contributed by atoms with E-state index in [-0.39, 0.29) is 17.9 Å². The number of rotatable bonds is 2. The van der Waals surface area contributed by atoms with Gasteiger partial charge in [-0.05, 0) is 6.42 Å². The summed E-state index contributed by atoms with van der Waals surface area (Å²) in [5.41, 5.74) is 5.81. The number of ether oxygens (including phenoxy) is 2. The van der Waals surface area contributed by atoms with E-state index in [9.17, 15) is 8.78 Å². The van der Waals surface area contributed by atoms with Crippen molar-refractivity contribution in [2.75, 3.05) is 13.2 Å². The van der Waals surface area contributed by atoms with Crippen molar-refractivity contribution in [3.8, 4) is 5.75 Å². The minimum Gasteiger partial charge on any atom is -0.486 e. The third-order valence-corrected chi connectivity index (χ3v) is 2.48. The maximum atomic E-state index is 12.9. The quantitative estimate of drug-likeness (QED) is 0.835. The topological polar surface area (TPSA) is 44.5 Å². The van der Waals surface area contributed by atoms with Gasteiger partial charge in [-0.25, -0.2) is 8.78 Å². The molecule has 88 valence electrons. The monoisotopic (exact) mass is 229 g/mol. The highest BCUT2D eigenvalue weighted by Gasteiger charge is 2.24. The maximum Gasteiger partial charge on any atom is 0.137 e. The van der Waals surface area contributed by atoms with Crippen LogP contribution in [0.1, 0.15) is 6.42 Å². The molecule has 1 saturated heterocycles. The second kappa shape index (κ2) is 4.76. The Bertz CT molecular complexity index is 353. The van der Waals surface area contributed by atoms with Crippen molar-refractivity contribution in [3.63, 3.8) is 0 Å². The van der Waals surface area contributed by atoms with Crippen molar-refractivity contribution in [1.82, 2.24) is 0 Å². The van der Waals surface area contributed by atoms with Gasteiger partial charge in [0, 0.05) is 30.8 Å². The minimum absolute atomic E-state index is 0.142. The highest BCUT2D eigenvalue weighted by atomic mass is 19.1. The molecule has 1 fully saturated rings. The fourth-order valence-electron chi connectivity index (χ4n) is 1.62. The normalized spacial score (nSPS) is 25.4. The highest BCUT2D eigenvalue weighted by molar-refractivity contribution is 5.24. The molecule has 1 aliphatic rings. The van der Waals surface area contributed by atoms with Crippen molar-refractivity contribution in [2.45, 2.75) is 18.6 Å². The predicted molar refractivity (Wildman–Crippen MR) is 54.2 cm³/mol. The van der Waals surface area contributed by atoms with E-state index < -0.39 is 11.6 Å². The van der Waals surface area contributed by atoms with Gasteiger partial charge in [-0.15, -0.1) is 0 Å². The largest absolute Gasteiger partial charge is 0.486 e. The predicted octanol–water partition coefficient (Wildman–Crippen LogP) is 1.46. The summed E-state index contributed by atoms with van der Waals surface area (Å²) in [5.74, 6) is -1.19. The molecular weight excluding hydrogens is 216 g/mol. The molecule has 0 aliphatic carbocycles. The molecule has 1 aliphatic heterocycles. The summed E-state index contributed by atoms with van der Waals surface area (Å²) in [4.78, 5) is 0. The zero-order valence-corrected chi connectivity index (χ0v) is 8.66. The van der Waals surface area contributed by atoms with Gasteiger partial charge in [-0.2, -0.15) is 0 Å². The van der Waals surface area contributed by atoms with Crippen molar-refractivity contribution in [2.24, 2.45) is 5.73 Å². The van der Waals surface area contributed by atoms with E-state index in [0.29, 0.717) is 19.6 Å². The Kier molecular flexibility index (Phi) is 3.36. The third-order valence-electron chi connectivity index (χ3n) is 2.48. The Balaban J connectivity index is 2.07. The molecule has 0 bridgehead atoms. The number of hydrogen-bond acceptors (Lipinski definition) is 3. The number of hydrogen-bond donors (Lipinski definition) is 1. The van der Waals surface area contributed by atoms with Gasteiger partial charge in [-0.3, -0.25) is 0 Å². The Morgan fingerprint density at radius 1 is 1.25 bits per heavy atom. The summed E-state index contributed by atoms with van der Waals surface area (Å²) in [6.45, 7) is 0.942. The first-order valence-corrected chi connectivity index (χ1v) is 5.11. The summed E-state index contributed by atoms with van der Waals surface area (Å²) in [6.07, 6.45) is 0.331. The van der Waals surface area contributed by atoms with E-state index in [4.69, 9.17) is 15.2 Å². The van der Waals surface area contributed by atoms with Gasteiger partial charge in [0.05, 0.1) is 6.61 Å². The van der Waals surface area contributed by atoms with Crippen molar-refractivity contribution < 1.29 is 18.3 Å². The van der Waals surface area contributed by atoms with Crippen LogP contribution in [0.5, 0.6) is 5.75 Å². The minimum atomic E-state index is -0.666. The van der Waals surface area contributed by atoms with Gasteiger partial charge in [0.1, 0.15) is 23.5 Å². The standard InChI is InChI=1S/C11H13F2NO2/c12-7-3-8(13)5-9(4-7)16-11-6-15-2-1-10(11)14/h3-5,10-11H,1-2,6,14H2. The lowest BCUT2D eigenvalue weighted by molar-refractivity contribution is -0.00554. The van der Waals surface area contributed by atoms with Crippen LogP contribution < -0.4 is 10.5 Å². The van der Waals surface area contributed by atoms with Crippen LogP contribution in [0.4, 0.5) is 8.78 Å². The fourth-order valence-corrected chi connectivity index (χ4v) is 1.62. The molecule has 1 heterocycles. The molecule has 0 aromatic heterocycles. The molecule has 2 atom stereocenters. The number of benzene rings is 1. The maximum absolute atomic E-state index is 12.9. The van der Waals surface area contributed by atoms with Crippen LogP contribution in [-0.2, 0) is 4.74 Å². The number of nitrogens with two attached hydrogens (primary N) is 1. The molecule has 0 amide bonds. The van der Waals surface area contributed by atoms with E-state index in [0.717, 1.165) is 18.2 Å². The van der Waals surface area contributed by atoms with E-state index in [2.05, 4.69) is 0 Å². The molecule has 0 spiro atoms. The second-order valence-electron chi connectivity index (χ2n) is 3.79. The molecule has 1 aromatic carbocycles. The van der Waals surface area contributed by atoms with Gasteiger partial charge < -0.3 is 15.2 Å². The molecular formula is C11H13F2NO2. The summed E-state index contributed by atoms with van der Waals surface area (Å²) in [7, 11) is 0. The van der Waals surface area contributed by atoms with Crippen LogP contribution in [-0.4, -0.2) is 25.4 Å². The SMILES string of the molecule is NC1CCOCC1Oc1cc(F)cc(F)c1. The van der Waals surface area contributed by atoms with Gasteiger partial charge in [-0.1, -0.05) is 0 Å². The van der Waals surface area contributed by atoms with Crippen LogP contribution in [0.3, 0.4) is 0 Å². The average molecular weight is 229 g/mol. The molecule has 2 rings (SSSR count). The molecule has 0 radical (unpaired) electrons. The van der Waals surface area contributed by atoms with E-state index in [1.54, 1.807) is 0 Å². The zero-order valence-electron chi connectivity index (χ0n) is 8.66. The lowest BCUT2D eigenvalue weighted by Crippen LogP contribution is -2.46. The Morgan fingerprint density at radius 3 is 2.56 bits per heavy atom. The highest BCUT2D eigenvalue weighted by Crippen LogP contribution is 2.19. The molecule has 2 unspecified atom stereocenters. The molecule has 5 heteroatoms. The molecule has 1 aromatic rings. The first-order chi connectivity index (χ1) is 7.65. The van der Waals surface area contributed by atoms with E-state index in [1.165, 1.54) is 0 Å². The van der Waals surface area contributed by atoms with Crippen molar-refractivity contribution in [1.29, 1.82) is 0 Å². The van der Waals surface area contributed by atoms with Gasteiger partial charge in [0.25, 0.3) is 0 Å². The van der Waals surface area contributed by atoms with Gasteiger partial charge >= 0.3 is 0 Å². The van der Waals surface area contributed by atoms with E-state index in [1.807, 2.05) is 0 Å². The van der Waals surface area contributed by atoms with Crippen LogP contribution in [0.2, 0.25) is 0 Å². The van der Waals surface area contributed by atoms with E-state index >= 15 is 0 Å². The Labute approximate surface area is 92.1 Å². The second-order valence-corrected chi connectivity index (χ2v) is 3.79. The average Bonchev–Trinajstić information content (AvgIpc) is 2.20. The third kappa shape index (κ3) is 2.68. The molecule has 0 saturated carbocycles. The van der Waals surface area contributed by atoms with Crippen LogP contribution in [0.25, 0.3) is 0 Å². The fraction of sp³-hybridized carbons (Fsp3) is 0.455. The summed E-state index contributed by atoms with van der Waals surface area (Å²) in [6, 6.07) is 2.89. The first-order valence-electron chi connectivity index (χ1n) is 5.11. The van der Waals surface area contributed by atoms with Gasteiger partial charge in [0.2, 0.25) is 0 Å². The summed E-state index contributed by atoms with van der Waals surface area (Å²) >= 11 is 0. The lowest BCUT2D eigenvalue weighted by Gasteiger charge is -2.29. The molecule has 16 heavy (non-hydrogen) atoms. The summed E-state index contributed by atoms with van der Waals surface area (Å²) < 4.78 is 36.4. The van der Waals surface area contributed by atoms with Crippen molar-refractivity contribution in [3.05, 3.63) is 29.8 Å². The van der Waals surface area contributed by atoms with Crippen molar-refractivity contribution >= 4 is 0 Å². The number of halogens is 2. The van der Waals surface area contributed by atoms with Crippen LogP contribution in [0, 0.1) is 11.6 Å². The Morgan fingerprint density at radius 2 is 1.94 bits per heavy atom. The first kappa shape index (κ1) is 11.3. The smallest absolute Gasteiger partial charge is 0.137 e.